The fourth-order valence-corrected chi connectivity index (χ4v) is 8.24. The van der Waals surface area contributed by atoms with Gasteiger partial charge in [-0.1, -0.05) is 73.9 Å². The van der Waals surface area contributed by atoms with E-state index in [4.69, 9.17) is 9.47 Å². The lowest BCUT2D eigenvalue weighted by molar-refractivity contribution is -0.162. The zero-order chi connectivity index (χ0) is 51.7. The van der Waals surface area contributed by atoms with Crippen LogP contribution in [0.3, 0.4) is 0 Å². The molecule has 11 atom stereocenters. The number of aliphatic carboxylic acids is 1. The van der Waals surface area contributed by atoms with E-state index in [1.807, 2.05) is 34.6 Å². The molecule has 19 nitrogen and oxygen atoms in total. The molecule has 1 fully saturated rings. The van der Waals surface area contributed by atoms with Gasteiger partial charge in [0.25, 0.3) is 0 Å². The van der Waals surface area contributed by atoms with E-state index < -0.39 is 126 Å². The zero-order valence-corrected chi connectivity index (χ0v) is 42.4. The summed E-state index contributed by atoms with van der Waals surface area (Å²) < 4.78 is 10.8. The number of nitrogens with one attached hydrogen (secondary N) is 4. The molecule has 0 radical (unpaired) electrons. The van der Waals surface area contributed by atoms with Crippen molar-refractivity contribution in [2.75, 3.05) is 27.7 Å². The lowest BCUT2D eigenvalue weighted by Gasteiger charge is -2.34. The van der Waals surface area contributed by atoms with E-state index >= 15 is 0 Å². The Morgan fingerprint density at radius 1 is 0.824 bits per heavy atom. The number of ether oxygens (including phenoxy) is 2. The summed E-state index contributed by atoms with van der Waals surface area (Å²) in [6.07, 6.45) is -3.09. The third kappa shape index (κ3) is 17.1. The molecule has 0 bridgehead atoms. The van der Waals surface area contributed by atoms with Gasteiger partial charge in [0.15, 0.2) is 11.9 Å². The Labute approximate surface area is 402 Å². The number of rotatable bonds is 28. The first-order chi connectivity index (χ1) is 31.8. The molecular weight excluding hydrogens is 881 g/mol. The van der Waals surface area contributed by atoms with Crippen LogP contribution in [0.15, 0.2) is 24.3 Å². The quantitative estimate of drug-likeness (QED) is 0.0469. The second kappa shape index (κ2) is 27.8. The number of amides is 5. The number of likely N-dealkylation sites (tertiary alicyclic amines) is 1. The topological polar surface area (TPSA) is 270 Å². The Morgan fingerprint density at radius 3 is 1.91 bits per heavy atom. The lowest BCUT2D eigenvalue weighted by Crippen LogP contribution is -2.60. The van der Waals surface area contributed by atoms with Crippen LogP contribution in [0.1, 0.15) is 113 Å². The number of esters is 1. The number of aliphatic hydroxyl groups is 2. The second-order valence-electron chi connectivity index (χ2n) is 19.4. The maximum Gasteiger partial charge on any atom is 0.326 e. The number of hydrogen-bond acceptors (Lipinski definition) is 13. The van der Waals surface area contributed by atoms with Crippen molar-refractivity contribution in [1.82, 2.24) is 31.1 Å². The van der Waals surface area contributed by atoms with E-state index in [2.05, 4.69) is 21.3 Å². The highest BCUT2D eigenvalue weighted by molar-refractivity contribution is 6.05. The average molecular weight is 961 g/mol. The van der Waals surface area contributed by atoms with Crippen LogP contribution in [0, 0.1) is 29.6 Å². The number of hydrogen-bond donors (Lipinski definition) is 7. The lowest BCUT2D eigenvalue weighted by atomic mass is 9.91. The monoisotopic (exact) mass is 961 g/mol. The molecule has 0 unspecified atom stereocenters. The smallest absolute Gasteiger partial charge is 0.326 e. The Morgan fingerprint density at radius 2 is 1.41 bits per heavy atom. The van der Waals surface area contributed by atoms with Crippen molar-refractivity contribution < 1.29 is 63.1 Å². The van der Waals surface area contributed by atoms with Crippen molar-refractivity contribution in [2.45, 2.75) is 169 Å². The van der Waals surface area contributed by atoms with Gasteiger partial charge in [0.2, 0.25) is 29.5 Å². The maximum atomic E-state index is 14.2. The highest BCUT2D eigenvalue weighted by Crippen LogP contribution is 2.25. The predicted octanol–water partition coefficient (Wildman–Crippen LogP) is 2.23. The number of carbonyl (C=O) groups excluding carboxylic acids is 7. The van der Waals surface area contributed by atoms with Crippen LogP contribution in [0.5, 0.6) is 5.75 Å². The van der Waals surface area contributed by atoms with Crippen LogP contribution in [0.2, 0.25) is 0 Å². The minimum absolute atomic E-state index is 0.00815. The van der Waals surface area contributed by atoms with Crippen molar-refractivity contribution in [3.05, 3.63) is 29.8 Å². The Hall–Kier alpha value is -5.14. The van der Waals surface area contributed by atoms with E-state index in [0.717, 1.165) is 4.90 Å². The van der Waals surface area contributed by atoms with E-state index in [0.29, 0.717) is 30.6 Å². The highest BCUT2D eigenvalue weighted by atomic mass is 16.5. The zero-order valence-electron chi connectivity index (χ0n) is 42.4. The number of aliphatic hydroxyl groups excluding tert-OH is 2. The summed E-state index contributed by atoms with van der Waals surface area (Å²) in [6.45, 7) is 17.2. The van der Waals surface area contributed by atoms with Gasteiger partial charge in [-0.3, -0.25) is 33.6 Å². The minimum Gasteiger partial charge on any atom is -0.497 e. The highest BCUT2D eigenvalue weighted by Gasteiger charge is 2.43. The summed E-state index contributed by atoms with van der Waals surface area (Å²) in [5, 5.41) is 42.9. The van der Waals surface area contributed by atoms with Crippen LogP contribution in [0.25, 0.3) is 0 Å². The number of carbonyl (C=O) groups is 8. The van der Waals surface area contributed by atoms with Gasteiger partial charge >= 0.3 is 11.9 Å². The summed E-state index contributed by atoms with van der Waals surface area (Å²) in [7, 11) is 4.51. The molecule has 0 aromatic heterocycles. The number of likely N-dealkylation sites (N-methyl/N-ethyl adjacent to an activating group) is 2. The second-order valence-corrected chi connectivity index (χ2v) is 19.4. The van der Waals surface area contributed by atoms with Crippen LogP contribution >= 0.6 is 0 Å². The maximum absolute atomic E-state index is 14.2. The van der Waals surface area contributed by atoms with Crippen molar-refractivity contribution in [3.63, 3.8) is 0 Å². The molecule has 2 rings (SSSR count). The molecule has 384 valence electrons. The third-order valence-corrected chi connectivity index (χ3v) is 12.6. The van der Waals surface area contributed by atoms with E-state index in [9.17, 15) is 53.7 Å². The summed E-state index contributed by atoms with van der Waals surface area (Å²) in [4.78, 5) is 111. The Bertz CT molecular complexity index is 1860. The first-order valence-corrected chi connectivity index (χ1v) is 23.9. The molecule has 0 aliphatic carbocycles. The first kappa shape index (κ1) is 59.0. The third-order valence-electron chi connectivity index (χ3n) is 12.6. The molecule has 1 saturated heterocycles. The molecule has 68 heavy (non-hydrogen) atoms. The van der Waals surface area contributed by atoms with Crippen molar-refractivity contribution >= 4 is 47.3 Å². The molecular formula is C49H80N6O13. The number of carboxylic acids is 1. The normalized spacial score (nSPS) is 18.3. The van der Waals surface area contributed by atoms with Crippen molar-refractivity contribution in [1.29, 1.82) is 0 Å². The Balaban J connectivity index is 2.22. The summed E-state index contributed by atoms with van der Waals surface area (Å²) >= 11 is 0. The number of Topliss-reactive ketones (excluding diaryl/α,β-unsaturated/α-hetero) is 1. The van der Waals surface area contributed by atoms with Crippen molar-refractivity contribution in [3.8, 4) is 5.75 Å². The van der Waals surface area contributed by atoms with Crippen LogP contribution in [-0.4, -0.2) is 155 Å². The van der Waals surface area contributed by atoms with E-state index in [1.54, 1.807) is 52.1 Å². The largest absolute Gasteiger partial charge is 0.497 e. The molecule has 1 aromatic rings. The van der Waals surface area contributed by atoms with Crippen LogP contribution in [0.4, 0.5) is 0 Å². The van der Waals surface area contributed by atoms with E-state index in [1.165, 1.54) is 32.9 Å². The average Bonchev–Trinajstić information content (AvgIpc) is 3.78. The summed E-state index contributed by atoms with van der Waals surface area (Å²) in [5.41, 5.74) is 0.663. The van der Waals surface area contributed by atoms with Gasteiger partial charge in [-0.2, -0.15) is 0 Å². The molecule has 0 spiro atoms. The van der Waals surface area contributed by atoms with Crippen LogP contribution < -0.4 is 26.0 Å². The Kier molecular flexibility index (Phi) is 24.1. The number of methoxy groups -OCH3 is 1. The van der Waals surface area contributed by atoms with Gasteiger partial charge in [-0.05, 0) is 87.9 Å². The van der Waals surface area contributed by atoms with Gasteiger partial charge in [-0.25, -0.2) is 4.79 Å². The first-order valence-electron chi connectivity index (χ1n) is 23.9. The SMILES string of the molecule is CC[C@H](C)[C@H](NC(=O)[C@@H](NC(=O)[C@H](CC(C)C)NC)[C@@H](C)O)[C@@H](O)CC(=O)O[C@H](C(=O)[C@H](C)C(=O)N[C@@H](CC(C)C)C(=O)N1CCC[C@H]1C(=O)N(C)[C@@H](Cc1ccc(OC)cc1)C(=O)O)C(C)C. The van der Waals surface area contributed by atoms with Gasteiger partial charge < -0.3 is 55.9 Å². The number of carboxylic acid groups (broad SMARTS) is 1. The molecule has 1 aliphatic rings. The minimum atomic E-state index is -1.52. The number of benzene rings is 1. The summed E-state index contributed by atoms with van der Waals surface area (Å²) in [6, 6.07) is 0.388. The van der Waals surface area contributed by atoms with Gasteiger partial charge in [0.05, 0.1) is 43.7 Å². The van der Waals surface area contributed by atoms with Crippen LogP contribution in [-0.2, 0) is 49.5 Å². The molecule has 19 heteroatoms. The van der Waals surface area contributed by atoms with Gasteiger partial charge in [-0.15, -0.1) is 0 Å². The fourth-order valence-electron chi connectivity index (χ4n) is 8.24. The number of ketones is 1. The van der Waals surface area contributed by atoms with Gasteiger partial charge in [0, 0.05) is 20.0 Å². The predicted molar refractivity (Wildman–Crippen MR) is 254 cm³/mol. The van der Waals surface area contributed by atoms with E-state index in [-0.39, 0.29) is 37.6 Å². The molecule has 5 amide bonds. The molecule has 7 N–H and O–H groups in total. The molecule has 1 heterocycles. The molecule has 1 aliphatic heterocycles. The van der Waals surface area contributed by atoms with Gasteiger partial charge in [0.1, 0.15) is 29.9 Å². The fraction of sp³-hybridized carbons (Fsp3) is 0.714. The molecule has 1 aromatic carbocycles. The summed E-state index contributed by atoms with van der Waals surface area (Å²) in [5.74, 6) is -7.98. The van der Waals surface area contributed by atoms with Crippen molar-refractivity contribution in [2.24, 2.45) is 29.6 Å². The standard InChI is InChI=1S/C49H80N6O13/c1-14-29(8)40(52-46(62)41(31(10)56)53-45(61)34(50-11)22-26(2)3)38(57)25-39(58)68-43(28(6)7)42(59)30(9)44(60)51-35(23-27(4)5)47(63)55-21-15-16-36(55)48(64)54(12)37(49(65)66)24-32-17-19-33(67-13)20-18-32/h17-20,26-31,34-38,40-41,43,50,56-57H,14-16,21-25H2,1-13H3,(H,51,60)(H,52,62)(H,53,61)(H,65,66)/t29-,30-,31+,34-,35-,36-,37-,38-,40-,41-,43-/m0/s1. The number of nitrogens with zero attached hydrogens (tertiary/aromatic N) is 2. The molecule has 0 saturated carbocycles.